The molecule has 0 atom stereocenters. The maximum absolute atomic E-state index is 12.6. The number of piperazine rings is 1. The molecule has 3 rings (SSSR count). The number of ether oxygens (including phenoxy) is 4. The van der Waals surface area contributed by atoms with Crippen molar-refractivity contribution in [1.82, 2.24) is 15.1 Å². The van der Waals surface area contributed by atoms with Gasteiger partial charge in [0.1, 0.15) is 0 Å². The van der Waals surface area contributed by atoms with Crippen molar-refractivity contribution < 1.29 is 28.5 Å². The molecule has 37 heavy (non-hydrogen) atoms. The molecule has 0 spiro atoms. The normalized spacial score (nSPS) is 14.1. The summed E-state index contributed by atoms with van der Waals surface area (Å²) in [5.74, 6) is 2.33. The van der Waals surface area contributed by atoms with Gasteiger partial charge < -0.3 is 29.2 Å². The van der Waals surface area contributed by atoms with Gasteiger partial charge in [-0.05, 0) is 47.5 Å². The highest BCUT2D eigenvalue weighted by Crippen LogP contribution is 2.28. The zero-order valence-electron chi connectivity index (χ0n) is 21.9. The Morgan fingerprint density at radius 3 is 1.78 bits per heavy atom. The van der Waals surface area contributed by atoms with Crippen LogP contribution >= 0.6 is 0 Å². The van der Waals surface area contributed by atoms with Gasteiger partial charge in [-0.3, -0.25) is 14.5 Å². The van der Waals surface area contributed by atoms with Gasteiger partial charge in [-0.2, -0.15) is 0 Å². The second-order valence-corrected chi connectivity index (χ2v) is 8.35. The molecule has 1 aliphatic heterocycles. The molecule has 1 aliphatic rings. The molecule has 0 bridgehead atoms. The molecule has 1 fully saturated rings. The van der Waals surface area contributed by atoms with Crippen molar-refractivity contribution in [3.8, 4) is 23.0 Å². The van der Waals surface area contributed by atoms with Crippen LogP contribution in [-0.2, 0) is 9.59 Å². The summed E-state index contributed by atoms with van der Waals surface area (Å²) < 4.78 is 21.1. The Morgan fingerprint density at radius 2 is 1.27 bits per heavy atom. The number of hydrogen-bond donors (Lipinski definition) is 1. The van der Waals surface area contributed by atoms with E-state index in [9.17, 15) is 9.59 Å². The molecule has 0 saturated carbocycles. The van der Waals surface area contributed by atoms with E-state index in [1.54, 1.807) is 52.7 Å². The van der Waals surface area contributed by atoms with E-state index in [4.69, 9.17) is 18.9 Å². The Balaban J connectivity index is 1.39. The van der Waals surface area contributed by atoms with E-state index in [1.165, 1.54) is 6.08 Å². The van der Waals surface area contributed by atoms with Gasteiger partial charge in [-0.15, -0.1) is 0 Å². The predicted octanol–water partition coefficient (Wildman–Crippen LogP) is 2.71. The number of hydrogen-bond acceptors (Lipinski definition) is 7. The van der Waals surface area contributed by atoms with Crippen LogP contribution in [0.2, 0.25) is 0 Å². The topological polar surface area (TPSA) is 89.6 Å². The Morgan fingerprint density at radius 1 is 0.757 bits per heavy atom. The quantitative estimate of drug-likeness (QED) is 0.466. The molecule has 0 unspecified atom stereocenters. The van der Waals surface area contributed by atoms with Gasteiger partial charge in [0.25, 0.3) is 0 Å². The molecular weight excluding hydrogens is 474 g/mol. The van der Waals surface area contributed by atoms with E-state index in [1.807, 2.05) is 35.2 Å². The summed E-state index contributed by atoms with van der Waals surface area (Å²) in [4.78, 5) is 28.9. The first-order valence-corrected chi connectivity index (χ1v) is 12.1. The van der Waals surface area contributed by atoms with Crippen LogP contribution in [0.4, 0.5) is 0 Å². The van der Waals surface area contributed by atoms with E-state index in [-0.39, 0.29) is 11.8 Å². The lowest BCUT2D eigenvalue weighted by atomic mass is 10.2. The molecule has 1 N–H and O–H groups in total. The summed E-state index contributed by atoms with van der Waals surface area (Å²) in [6.45, 7) is 4.05. The average Bonchev–Trinajstić information content (AvgIpc) is 2.94. The third-order valence-corrected chi connectivity index (χ3v) is 6.07. The molecule has 2 aromatic carbocycles. The monoisotopic (exact) mass is 509 g/mol. The van der Waals surface area contributed by atoms with Crippen LogP contribution in [0, 0.1) is 0 Å². The van der Waals surface area contributed by atoms with E-state index >= 15 is 0 Å². The van der Waals surface area contributed by atoms with Crippen molar-refractivity contribution in [2.75, 3.05) is 67.7 Å². The number of carbonyl (C=O) groups excluding carboxylic acids is 2. The minimum absolute atomic E-state index is 0.0250. The lowest BCUT2D eigenvalue weighted by Crippen LogP contribution is -2.49. The fraction of sp³-hybridized carbons (Fsp3) is 0.357. The van der Waals surface area contributed by atoms with Crippen molar-refractivity contribution in [1.29, 1.82) is 0 Å². The highest BCUT2D eigenvalue weighted by atomic mass is 16.5. The summed E-state index contributed by atoms with van der Waals surface area (Å²) in [6, 6.07) is 11.0. The summed E-state index contributed by atoms with van der Waals surface area (Å²) in [5, 5.41) is 2.91. The minimum Gasteiger partial charge on any atom is -0.493 e. The Kier molecular flexibility index (Phi) is 10.4. The maximum Gasteiger partial charge on any atom is 0.246 e. The summed E-state index contributed by atoms with van der Waals surface area (Å²) in [6.07, 6.45) is 6.60. The number of nitrogens with zero attached hydrogens (tertiary/aromatic N) is 2. The van der Waals surface area contributed by atoms with E-state index in [0.29, 0.717) is 42.6 Å². The highest BCUT2D eigenvalue weighted by molar-refractivity contribution is 5.92. The van der Waals surface area contributed by atoms with Crippen molar-refractivity contribution in [2.24, 2.45) is 0 Å². The smallest absolute Gasteiger partial charge is 0.246 e. The number of benzene rings is 2. The van der Waals surface area contributed by atoms with E-state index < -0.39 is 0 Å². The molecule has 0 aliphatic carbocycles. The van der Waals surface area contributed by atoms with E-state index in [0.717, 1.165) is 30.8 Å². The van der Waals surface area contributed by atoms with Gasteiger partial charge >= 0.3 is 0 Å². The molecular formula is C28H35N3O6. The van der Waals surface area contributed by atoms with Crippen LogP contribution in [0.3, 0.4) is 0 Å². The van der Waals surface area contributed by atoms with Crippen molar-refractivity contribution >= 4 is 24.0 Å². The highest BCUT2D eigenvalue weighted by Gasteiger charge is 2.19. The van der Waals surface area contributed by atoms with Gasteiger partial charge in [0.2, 0.25) is 11.8 Å². The number of methoxy groups -OCH3 is 4. The van der Waals surface area contributed by atoms with Gasteiger partial charge in [0.05, 0.1) is 28.4 Å². The van der Waals surface area contributed by atoms with Gasteiger partial charge in [-0.1, -0.05) is 12.1 Å². The molecule has 1 saturated heterocycles. The number of rotatable bonds is 11. The lowest BCUT2D eigenvalue weighted by Gasteiger charge is -2.34. The molecule has 9 nitrogen and oxygen atoms in total. The van der Waals surface area contributed by atoms with E-state index in [2.05, 4.69) is 10.2 Å². The van der Waals surface area contributed by atoms with Crippen molar-refractivity contribution in [2.45, 2.75) is 0 Å². The fourth-order valence-electron chi connectivity index (χ4n) is 3.95. The lowest BCUT2D eigenvalue weighted by molar-refractivity contribution is -0.127. The van der Waals surface area contributed by atoms with Crippen LogP contribution in [-0.4, -0.2) is 89.3 Å². The number of amides is 2. The zero-order valence-corrected chi connectivity index (χ0v) is 21.9. The minimum atomic E-state index is -0.163. The Labute approximate surface area is 218 Å². The molecule has 9 heteroatoms. The van der Waals surface area contributed by atoms with Crippen LogP contribution in [0.5, 0.6) is 23.0 Å². The third-order valence-electron chi connectivity index (χ3n) is 6.07. The number of carbonyl (C=O) groups is 2. The summed E-state index contributed by atoms with van der Waals surface area (Å²) in [7, 11) is 6.32. The standard InChI is InChI=1S/C28H35N3O6/c1-34-23-9-5-21(19-25(23)36-3)7-11-27(32)29-13-14-30-15-17-31(18-16-30)28(33)12-8-22-6-10-24(35-2)26(20-22)37-4/h5-12,19-20H,13-18H2,1-4H3,(H,29,32). The average molecular weight is 510 g/mol. The van der Waals surface area contributed by atoms with Gasteiger partial charge in [-0.25, -0.2) is 0 Å². The molecule has 2 amide bonds. The summed E-state index contributed by atoms with van der Waals surface area (Å²) >= 11 is 0. The zero-order chi connectivity index (χ0) is 26.6. The van der Waals surface area contributed by atoms with Crippen LogP contribution in [0.1, 0.15) is 11.1 Å². The van der Waals surface area contributed by atoms with Crippen LogP contribution in [0.15, 0.2) is 48.6 Å². The molecule has 0 radical (unpaired) electrons. The predicted molar refractivity (Wildman–Crippen MR) is 143 cm³/mol. The molecule has 2 aromatic rings. The second-order valence-electron chi connectivity index (χ2n) is 8.35. The second kappa shape index (κ2) is 13.9. The van der Waals surface area contributed by atoms with Crippen LogP contribution < -0.4 is 24.3 Å². The van der Waals surface area contributed by atoms with Crippen LogP contribution in [0.25, 0.3) is 12.2 Å². The Bertz CT molecular complexity index is 1120. The van der Waals surface area contributed by atoms with Gasteiger partial charge in [0.15, 0.2) is 23.0 Å². The molecule has 1 heterocycles. The SMILES string of the molecule is COc1ccc(C=CC(=O)NCCN2CCN(C(=O)C=Cc3ccc(OC)c(OC)c3)CC2)cc1OC. The first-order valence-electron chi connectivity index (χ1n) is 12.1. The van der Waals surface area contributed by atoms with Gasteiger partial charge in [0, 0.05) is 51.4 Å². The number of nitrogens with one attached hydrogen (secondary N) is 1. The largest absolute Gasteiger partial charge is 0.493 e. The van der Waals surface area contributed by atoms with Crippen molar-refractivity contribution in [3.05, 3.63) is 59.7 Å². The third kappa shape index (κ3) is 8.01. The first-order chi connectivity index (χ1) is 18.0. The Hall–Kier alpha value is -3.98. The van der Waals surface area contributed by atoms with Crippen molar-refractivity contribution in [3.63, 3.8) is 0 Å². The maximum atomic E-state index is 12.6. The fourth-order valence-corrected chi connectivity index (χ4v) is 3.95. The molecule has 0 aromatic heterocycles. The first kappa shape index (κ1) is 27.6. The molecule has 198 valence electrons. The summed E-state index contributed by atoms with van der Waals surface area (Å²) in [5.41, 5.74) is 1.70.